The highest BCUT2D eigenvalue weighted by atomic mass is 35.5. The Hall–Kier alpha value is -1.93. The standard InChI is InChI=1S/C11H16ClN7O/c1-5(20)4-15-11-17-7-6(9(14-3)19-11)16-10(12)18-8(7)13-2/h5,20H,4H2,1-3H3,(H,13,16,18)(H2,14,15,17,19)/t5-/m0/s1. The maximum atomic E-state index is 9.30. The van der Waals surface area contributed by atoms with E-state index in [-0.39, 0.29) is 5.28 Å². The lowest BCUT2D eigenvalue weighted by Crippen LogP contribution is -2.17. The summed E-state index contributed by atoms with van der Waals surface area (Å²) in [6.45, 7) is 2.02. The largest absolute Gasteiger partial charge is 0.392 e. The van der Waals surface area contributed by atoms with E-state index in [9.17, 15) is 5.11 Å². The van der Waals surface area contributed by atoms with E-state index in [1.807, 2.05) is 0 Å². The second-order valence-corrected chi connectivity index (χ2v) is 4.50. The number of halogens is 1. The van der Waals surface area contributed by atoms with Crippen molar-refractivity contribution >= 4 is 40.2 Å². The molecule has 0 saturated heterocycles. The highest BCUT2D eigenvalue weighted by Gasteiger charge is 2.14. The van der Waals surface area contributed by atoms with Gasteiger partial charge in [-0.05, 0) is 18.5 Å². The Morgan fingerprint density at radius 3 is 2.25 bits per heavy atom. The first-order chi connectivity index (χ1) is 9.55. The van der Waals surface area contributed by atoms with Gasteiger partial charge in [-0.15, -0.1) is 0 Å². The summed E-state index contributed by atoms with van der Waals surface area (Å²) >= 11 is 5.88. The normalized spacial score (nSPS) is 12.2. The number of anilines is 3. The van der Waals surface area contributed by atoms with Gasteiger partial charge in [0.25, 0.3) is 0 Å². The number of rotatable bonds is 5. The van der Waals surface area contributed by atoms with Gasteiger partial charge in [-0.3, -0.25) is 0 Å². The molecule has 0 fully saturated rings. The molecule has 4 N–H and O–H groups in total. The molecule has 108 valence electrons. The second-order valence-electron chi connectivity index (χ2n) is 4.16. The van der Waals surface area contributed by atoms with Crippen molar-refractivity contribution in [3.63, 3.8) is 0 Å². The molecule has 2 heterocycles. The molecule has 0 bridgehead atoms. The van der Waals surface area contributed by atoms with Crippen LogP contribution in [0.4, 0.5) is 17.6 Å². The fourth-order valence-corrected chi connectivity index (χ4v) is 1.82. The van der Waals surface area contributed by atoms with Crippen molar-refractivity contribution < 1.29 is 5.11 Å². The summed E-state index contributed by atoms with van der Waals surface area (Å²) in [5, 5.41) is 18.2. The van der Waals surface area contributed by atoms with E-state index in [4.69, 9.17) is 11.6 Å². The first kappa shape index (κ1) is 14.5. The molecule has 2 aromatic heterocycles. The number of aliphatic hydroxyl groups is 1. The summed E-state index contributed by atoms with van der Waals surface area (Å²) in [6, 6.07) is 0. The first-order valence-electron chi connectivity index (χ1n) is 6.08. The van der Waals surface area contributed by atoms with Gasteiger partial charge in [0.05, 0.1) is 6.10 Å². The number of aliphatic hydroxyl groups excluding tert-OH is 1. The molecule has 0 aliphatic carbocycles. The molecule has 20 heavy (non-hydrogen) atoms. The van der Waals surface area contributed by atoms with E-state index in [1.54, 1.807) is 21.0 Å². The van der Waals surface area contributed by atoms with Crippen molar-refractivity contribution in [3.05, 3.63) is 5.28 Å². The fourth-order valence-electron chi connectivity index (χ4n) is 1.65. The highest BCUT2D eigenvalue weighted by molar-refractivity contribution is 6.29. The van der Waals surface area contributed by atoms with Gasteiger partial charge in [0.1, 0.15) is 11.0 Å². The summed E-state index contributed by atoms with van der Waals surface area (Å²) in [7, 11) is 3.46. The van der Waals surface area contributed by atoms with E-state index >= 15 is 0 Å². The molecular formula is C11H16ClN7O. The van der Waals surface area contributed by atoms with Crippen LogP contribution < -0.4 is 16.0 Å². The lowest BCUT2D eigenvalue weighted by molar-refractivity contribution is 0.208. The molecule has 0 aliphatic rings. The van der Waals surface area contributed by atoms with Gasteiger partial charge in [0, 0.05) is 20.6 Å². The molecule has 1 atom stereocenters. The highest BCUT2D eigenvalue weighted by Crippen LogP contribution is 2.26. The molecule has 0 unspecified atom stereocenters. The number of nitrogens with one attached hydrogen (secondary N) is 3. The average Bonchev–Trinajstić information content (AvgIpc) is 2.43. The topological polar surface area (TPSA) is 108 Å². The third-order valence-electron chi connectivity index (χ3n) is 2.55. The summed E-state index contributed by atoms with van der Waals surface area (Å²) in [4.78, 5) is 16.9. The van der Waals surface area contributed by atoms with Crippen LogP contribution in [0, 0.1) is 0 Å². The minimum absolute atomic E-state index is 0.117. The molecular weight excluding hydrogens is 282 g/mol. The van der Waals surface area contributed by atoms with Crippen molar-refractivity contribution in [1.29, 1.82) is 0 Å². The van der Waals surface area contributed by atoms with E-state index in [0.717, 1.165) is 0 Å². The second kappa shape index (κ2) is 6.02. The molecule has 0 aliphatic heterocycles. The molecule has 0 spiro atoms. The van der Waals surface area contributed by atoms with Gasteiger partial charge in [-0.2, -0.15) is 9.97 Å². The lowest BCUT2D eigenvalue weighted by Gasteiger charge is -2.12. The monoisotopic (exact) mass is 297 g/mol. The number of hydrogen-bond acceptors (Lipinski definition) is 8. The molecule has 2 rings (SSSR count). The zero-order valence-corrected chi connectivity index (χ0v) is 12.2. The molecule has 0 aromatic carbocycles. The number of hydrogen-bond donors (Lipinski definition) is 4. The summed E-state index contributed by atoms with van der Waals surface area (Å²) < 4.78 is 0. The Kier molecular flexibility index (Phi) is 4.35. The first-order valence-corrected chi connectivity index (χ1v) is 6.45. The van der Waals surface area contributed by atoms with Crippen LogP contribution in [0.25, 0.3) is 11.0 Å². The fraction of sp³-hybridized carbons (Fsp3) is 0.455. The molecule has 0 saturated carbocycles. The predicted octanol–water partition coefficient (Wildman–Crippen LogP) is 0.949. The molecule has 0 amide bonds. The number of aromatic nitrogens is 4. The van der Waals surface area contributed by atoms with Gasteiger partial charge < -0.3 is 21.1 Å². The maximum absolute atomic E-state index is 9.30. The Labute approximate surface area is 121 Å². The Morgan fingerprint density at radius 1 is 1.05 bits per heavy atom. The Morgan fingerprint density at radius 2 is 1.65 bits per heavy atom. The van der Waals surface area contributed by atoms with Crippen LogP contribution in [0.1, 0.15) is 6.92 Å². The van der Waals surface area contributed by atoms with E-state index in [1.165, 1.54) is 0 Å². The number of fused-ring (bicyclic) bond motifs is 1. The molecule has 0 radical (unpaired) electrons. The van der Waals surface area contributed by atoms with Crippen LogP contribution in [-0.2, 0) is 0 Å². The van der Waals surface area contributed by atoms with Gasteiger partial charge in [-0.25, -0.2) is 9.97 Å². The Bertz CT molecular complexity index is 619. The van der Waals surface area contributed by atoms with E-state index in [0.29, 0.717) is 35.2 Å². The van der Waals surface area contributed by atoms with Crippen LogP contribution in [0.15, 0.2) is 0 Å². The zero-order chi connectivity index (χ0) is 14.7. The van der Waals surface area contributed by atoms with Crippen molar-refractivity contribution in [3.8, 4) is 0 Å². The van der Waals surface area contributed by atoms with E-state index in [2.05, 4.69) is 35.9 Å². The van der Waals surface area contributed by atoms with Gasteiger partial charge >= 0.3 is 0 Å². The predicted molar refractivity (Wildman–Crippen MR) is 79.4 cm³/mol. The summed E-state index contributed by atoms with van der Waals surface area (Å²) in [6.07, 6.45) is -0.502. The van der Waals surface area contributed by atoms with Crippen LogP contribution in [-0.4, -0.2) is 51.8 Å². The van der Waals surface area contributed by atoms with E-state index < -0.39 is 6.10 Å². The van der Waals surface area contributed by atoms with Gasteiger partial charge in [0.15, 0.2) is 11.6 Å². The van der Waals surface area contributed by atoms with Crippen molar-refractivity contribution in [2.75, 3.05) is 36.6 Å². The lowest BCUT2D eigenvalue weighted by atomic mass is 10.3. The molecule has 2 aromatic rings. The van der Waals surface area contributed by atoms with Crippen molar-refractivity contribution in [2.45, 2.75) is 13.0 Å². The quantitative estimate of drug-likeness (QED) is 0.604. The molecule has 8 nitrogen and oxygen atoms in total. The Balaban J connectivity index is 2.56. The average molecular weight is 298 g/mol. The van der Waals surface area contributed by atoms with Crippen LogP contribution >= 0.6 is 11.6 Å². The molecule has 9 heteroatoms. The smallest absolute Gasteiger partial charge is 0.225 e. The minimum atomic E-state index is -0.502. The third kappa shape index (κ3) is 2.97. The zero-order valence-electron chi connectivity index (χ0n) is 11.4. The third-order valence-corrected chi connectivity index (χ3v) is 2.71. The van der Waals surface area contributed by atoms with Crippen LogP contribution in [0.5, 0.6) is 0 Å². The summed E-state index contributed by atoms with van der Waals surface area (Å²) in [5.74, 6) is 1.42. The van der Waals surface area contributed by atoms with Gasteiger partial charge in [0.2, 0.25) is 11.2 Å². The maximum Gasteiger partial charge on any atom is 0.225 e. The number of nitrogens with zero attached hydrogens (tertiary/aromatic N) is 4. The minimum Gasteiger partial charge on any atom is -0.392 e. The van der Waals surface area contributed by atoms with Crippen LogP contribution in [0.2, 0.25) is 5.28 Å². The SMILES string of the molecule is CNc1nc(NC[C@H](C)O)nc2c(NC)nc(Cl)nc12. The van der Waals surface area contributed by atoms with Crippen molar-refractivity contribution in [1.82, 2.24) is 19.9 Å². The summed E-state index contributed by atoms with van der Waals surface area (Å²) in [5.41, 5.74) is 1.07. The van der Waals surface area contributed by atoms with Crippen LogP contribution in [0.3, 0.4) is 0 Å². The van der Waals surface area contributed by atoms with Gasteiger partial charge in [-0.1, -0.05) is 0 Å². The van der Waals surface area contributed by atoms with Crippen molar-refractivity contribution in [2.24, 2.45) is 0 Å².